The highest BCUT2D eigenvalue weighted by Crippen LogP contribution is 2.32. The predicted molar refractivity (Wildman–Crippen MR) is 89.0 cm³/mol. The Morgan fingerprint density at radius 2 is 2.14 bits per heavy atom. The van der Waals surface area contributed by atoms with Crippen molar-refractivity contribution in [1.29, 1.82) is 0 Å². The van der Waals surface area contributed by atoms with Gasteiger partial charge >= 0.3 is 0 Å². The topological polar surface area (TPSA) is 66.9 Å². The summed E-state index contributed by atoms with van der Waals surface area (Å²) in [5.41, 5.74) is 2.45. The van der Waals surface area contributed by atoms with Gasteiger partial charge in [0, 0.05) is 11.1 Å². The second-order valence-corrected chi connectivity index (χ2v) is 6.73. The van der Waals surface area contributed by atoms with Crippen LogP contribution in [0.15, 0.2) is 11.7 Å². The summed E-state index contributed by atoms with van der Waals surface area (Å²) in [5.74, 6) is 0.459. The first-order valence-electron chi connectivity index (χ1n) is 6.62. The molecule has 0 aliphatic carbocycles. The van der Waals surface area contributed by atoms with Gasteiger partial charge in [0.1, 0.15) is 4.88 Å². The van der Waals surface area contributed by atoms with Crippen molar-refractivity contribution in [3.63, 3.8) is 0 Å². The van der Waals surface area contributed by atoms with E-state index in [2.05, 4.69) is 20.6 Å². The number of amides is 1. The van der Waals surface area contributed by atoms with Crippen molar-refractivity contribution < 1.29 is 4.79 Å². The second-order valence-electron chi connectivity index (χ2n) is 4.81. The van der Waals surface area contributed by atoms with Gasteiger partial charge in [0.05, 0.1) is 11.2 Å². The molecule has 1 aliphatic heterocycles. The summed E-state index contributed by atoms with van der Waals surface area (Å²) in [7, 11) is 0. The highest BCUT2D eigenvalue weighted by molar-refractivity contribution is 7.16. The summed E-state index contributed by atoms with van der Waals surface area (Å²) >= 11 is 2.94. The van der Waals surface area contributed by atoms with Crippen molar-refractivity contribution in [3.8, 4) is 0 Å². The van der Waals surface area contributed by atoms with E-state index in [1.54, 1.807) is 16.8 Å². The van der Waals surface area contributed by atoms with E-state index >= 15 is 0 Å². The van der Waals surface area contributed by atoms with E-state index in [9.17, 15) is 4.79 Å². The molecule has 2 N–H and O–H groups in total. The van der Waals surface area contributed by atoms with Crippen molar-refractivity contribution in [1.82, 2.24) is 15.3 Å². The van der Waals surface area contributed by atoms with E-state index in [-0.39, 0.29) is 18.3 Å². The molecular weight excluding hydrogens is 328 g/mol. The average molecular weight is 345 g/mol. The first kappa shape index (κ1) is 16.4. The number of thiazole rings is 2. The van der Waals surface area contributed by atoms with Gasteiger partial charge in [0.2, 0.25) is 0 Å². The van der Waals surface area contributed by atoms with E-state index in [1.807, 2.05) is 13.1 Å². The zero-order chi connectivity index (χ0) is 13.9. The summed E-state index contributed by atoms with van der Waals surface area (Å²) in [6.07, 6.45) is 4.18. The third kappa shape index (κ3) is 3.79. The van der Waals surface area contributed by atoms with Crippen molar-refractivity contribution in [2.45, 2.75) is 25.7 Å². The monoisotopic (exact) mass is 344 g/mol. The molecule has 8 heteroatoms. The first-order chi connectivity index (χ1) is 9.74. The number of anilines is 1. The number of piperidine rings is 1. The lowest BCUT2D eigenvalue weighted by Crippen LogP contribution is -2.26. The van der Waals surface area contributed by atoms with Gasteiger partial charge < -0.3 is 5.32 Å². The third-order valence-electron chi connectivity index (χ3n) is 3.44. The number of aryl methyl sites for hydroxylation is 1. The largest absolute Gasteiger partial charge is 0.317 e. The Kier molecular flexibility index (Phi) is 5.69. The van der Waals surface area contributed by atoms with Crippen LogP contribution < -0.4 is 10.6 Å². The lowest BCUT2D eigenvalue weighted by Gasteiger charge is -2.20. The molecule has 3 rings (SSSR count). The Balaban J connectivity index is 0.00000161. The number of hydrogen-bond donors (Lipinski definition) is 2. The average Bonchev–Trinajstić information content (AvgIpc) is 3.09. The minimum Gasteiger partial charge on any atom is -0.317 e. The minimum atomic E-state index is -0.115. The van der Waals surface area contributed by atoms with Crippen LogP contribution in [0.4, 0.5) is 5.13 Å². The van der Waals surface area contributed by atoms with Gasteiger partial charge in [-0.3, -0.25) is 10.1 Å². The fraction of sp³-hybridized carbons (Fsp3) is 0.462. The smallest absolute Gasteiger partial charge is 0.269 e. The number of nitrogens with one attached hydrogen (secondary N) is 2. The van der Waals surface area contributed by atoms with Crippen LogP contribution in [0.1, 0.15) is 39.0 Å². The number of carbonyl (C=O) groups excluding carboxylic acids is 1. The number of aromatic nitrogens is 2. The Morgan fingerprint density at radius 1 is 1.38 bits per heavy atom. The number of halogens is 1. The van der Waals surface area contributed by atoms with Crippen LogP contribution in [0.2, 0.25) is 0 Å². The molecule has 1 amide bonds. The quantitative estimate of drug-likeness (QED) is 0.898. The van der Waals surface area contributed by atoms with Crippen LogP contribution >= 0.6 is 35.1 Å². The van der Waals surface area contributed by atoms with Gasteiger partial charge in [-0.15, -0.1) is 35.1 Å². The van der Waals surface area contributed by atoms with Crippen molar-refractivity contribution in [3.05, 3.63) is 27.2 Å². The maximum atomic E-state index is 12.1. The molecule has 0 radical (unpaired) electrons. The van der Waals surface area contributed by atoms with E-state index in [0.717, 1.165) is 31.6 Å². The minimum absolute atomic E-state index is 0. The second kappa shape index (κ2) is 7.31. The molecule has 0 atom stereocenters. The zero-order valence-electron chi connectivity index (χ0n) is 11.6. The molecule has 2 aromatic rings. The van der Waals surface area contributed by atoms with Crippen LogP contribution in [0, 0.1) is 6.92 Å². The molecule has 5 nitrogen and oxygen atoms in total. The number of carbonyl (C=O) groups is 1. The lowest BCUT2D eigenvalue weighted by atomic mass is 9.97. The molecule has 21 heavy (non-hydrogen) atoms. The summed E-state index contributed by atoms with van der Waals surface area (Å²) in [5, 5.41) is 6.90. The predicted octanol–water partition coefficient (Wildman–Crippen LogP) is 3.05. The van der Waals surface area contributed by atoms with Crippen LogP contribution in [-0.2, 0) is 0 Å². The van der Waals surface area contributed by atoms with Crippen LogP contribution in [0.3, 0.4) is 0 Å². The molecule has 2 aromatic heterocycles. The first-order valence-corrected chi connectivity index (χ1v) is 8.31. The maximum Gasteiger partial charge on any atom is 0.269 e. The van der Waals surface area contributed by atoms with Crippen molar-refractivity contribution >= 4 is 46.1 Å². The van der Waals surface area contributed by atoms with Crippen molar-refractivity contribution in [2.24, 2.45) is 0 Å². The van der Waals surface area contributed by atoms with Gasteiger partial charge in [0.25, 0.3) is 5.91 Å². The standard InChI is InChI=1S/C13H16N4OS2.ClH/c1-8-11(19-7-16-8)12(18)17-13-15-6-10(20-13)9-2-4-14-5-3-9;/h6-7,9,14H,2-5H2,1H3,(H,15,17,18);1H. The van der Waals surface area contributed by atoms with Gasteiger partial charge in [-0.2, -0.15) is 0 Å². The number of rotatable bonds is 3. The molecule has 0 spiro atoms. The zero-order valence-corrected chi connectivity index (χ0v) is 14.0. The molecule has 0 aromatic carbocycles. The Hall–Kier alpha value is -1.02. The van der Waals surface area contributed by atoms with E-state index < -0.39 is 0 Å². The molecule has 114 valence electrons. The van der Waals surface area contributed by atoms with Crippen LogP contribution in [-0.4, -0.2) is 29.0 Å². The molecule has 0 bridgehead atoms. The van der Waals surface area contributed by atoms with Crippen LogP contribution in [0.5, 0.6) is 0 Å². The van der Waals surface area contributed by atoms with E-state index in [4.69, 9.17) is 0 Å². The summed E-state index contributed by atoms with van der Waals surface area (Å²) in [4.78, 5) is 22.4. The molecule has 0 unspecified atom stereocenters. The van der Waals surface area contributed by atoms with Gasteiger partial charge in [-0.05, 0) is 38.8 Å². The van der Waals surface area contributed by atoms with E-state index in [1.165, 1.54) is 16.2 Å². The summed E-state index contributed by atoms with van der Waals surface area (Å²) in [6, 6.07) is 0. The summed E-state index contributed by atoms with van der Waals surface area (Å²) < 4.78 is 0. The Labute approximate surface area is 137 Å². The summed E-state index contributed by atoms with van der Waals surface area (Å²) in [6.45, 7) is 3.96. The Morgan fingerprint density at radius 3 is 2.81 bits per heavy atom. The molecule has 0 saturated carbocycles. The fourth-order valence-corrected chi connectivity index (χ4v) is 3.99. The third-order valence-corrected chi connectivity index (χ3v) is 5.44. The van der Waals surface area contributed by atoms with Gasteiger partial charge in [-0.1, -0.05) is 0 Å². The molecule has 1 aliphatic rings. The van der Waals surface area contributed by atoms with Crippen molar-refractivity contribution in [2.75, 3.05) is 18.4 Å². The van der Waals surface area contributed by atoms with Gasteiger partial charge in [-0.25, -0.2) is 9.97 Å². The number of nitrogens with zero attached hydrogens (tertiary/aromatic N) is 2. The normalized spacial score (nSPS) is 15.5. The SMILES string of the molecule is Cc1ncsc1C(=O)Nc1ncc(C2CCNCC2)s1.Cl. The van der Waals surface area contributed by atoms with E-state index in [0.29, 0.717) is 15.9 Å². The lowest BCUT2D eigenvalue weighted by molar-refractivity contribution is 0.103. The Bertz CT molecular complexity index is 607. The highest BCUT2D eigenvalue weighted by Gasteiger charge is 2.19. The maximum absolute atomic E-state index is 12.1. The molecule has 1 saturated heterocycles. The molecular formula is C13H17ClN4OS2. The van der Waals surface area contributed by atoms with Gasteiger partial charge in [0.15, 0.2) is 5.13 Å². The fourth-order valence-electron chi connectivity index (χ4n) is 2.31. The molecule has 1 fully saturated rings. The number of hydrogen-bond acceptors (Lipinski definition) is 6. The molecule has 3 heterocycles. The van der Waals surface area contributed by atoms with Crippen LogP contribution in [0.25, 0.3) is 0 Å². The highest BCUT2D eigenvalue weighted by atomic mass is 35.5.